The van der Waals surface area contributed by atoms with Crippen LogP contribution >= 0.6 is 0 Å². The lowest BCUT2D eigenvalue weighted by Gasteiger charge is -2.87. The lowest BCUT2D eigenvalue weighted by Crippen LogP contribution is -2.97. The Morgan fingerprint density at radius 2 is 1.52 bits per heavy atom. The van der Waals surface area contributed by atoms with Gasteiger partial charge in [0.05, 0.1) is 0 Å². The van der Waals surface area contributed by atoms with Crippen LogP contribution in [-0.2, 0) is 11.8 Å². The van der Waals surface area contributed by atoms with Gasteiger partial charge < -0.3 is 0 Å². The molecule has 1 radical (unpaired) electrons. The molecule has 0 amide bonds. The van der Waals surface area contributed by atoms with Crippen molar-refractivity contribution in [3.63, 3.8) is 0 Å². The fourth-order valence-electron chi connectivity index (χ4n) is 10.6. The van der Waals surface area contributed by atoms with E-state index in [1.54, 1.807) is 16.7 Å². The molecule has 0 nitrogen and oxygen atoms in total. The van der Waals surface area contributed by atoms with Gasteiger partial charge in [0.25, 0.3) is 0 Å². The van der Waals surface area contributed by atoms with E-state index in [0.29, 0.717) is 10.1 Å². The Kier molecular flexibility index (Phi) is 3.54. The molecule has 4 saturated carbocycles. The van der Waals surface area contributed by atoms with E-state index in [0.717, 1.165) is 11.8 Å². The molecule has 1 aromatic rings. The van der Waals surface area contributed by atoms with Crippen LogP contribution in [-0.4, -0.2) is 22.3 Å². The lowest BCUT2D eigenvalue weighted by atomic mass is 9.46. The molecule has 0 N–H and O–H groups in total. The minimum Gasteiger partial charge on any atom is -0.0731 e. The van der Waals surface area contributed by atoms with Gasteiger partial charge in [0, 0.05) is 22.3 Å². The maximum atomic E-state index is 2.87. The predicted octanol–water partition coefficient (Wildman–Crippen LogP) is 7.26. The van der Waals surface area contributed by atoms with Crippen LogP contribution < -0.4 is 0 Å². The van der Waals surface area contributed by atoms with Crippen LogP contribution in [0.4, 0.5) is 0 Å². The van der Waals surface area contributed by atoms with Crippen LogP contribution in [0.5, 0.6) is 0 Å². The Balaban J connectivity index is 1.67. The number of allylic oxidation sites excluding steroid dienone is 1. The van der Waals surface area contributed by atoms with E-state index in [4.69, 9.17) is 0 Å². The van der Waals surface area contributed by atoms with Crippen molar-refractivity contribution in [2.75, 3.05) is 0 Å². The molecule has 6 aliphatic rings. The van der Waals surface area contributed by atoms with Gasteiger partial charge in [-0.15, -0.1) is 0 Å². The molecule has 3 heteroatoms. The fraction of sp³-hybridized carbons (Fsp3) is 0.654. The molecule has 5 aliphatic carbocycles. The molecule has 4 bridgehead atoms. The van der Waals surface area contributed by atoms with Gasteiger partial charge in [-0.2, -0.15) is 0 Å². The number of benzene rings is 1. The van der Waals surface area contributed by atoms with Gasteiger partial charge in [0.15, 0.2) is 0 Å². The summed E-state index contributed by atoms with van der Waals surface area (Å²) in [6.07, 6.45) is 11.4. The highest BCUT2D eigenvalue weighted by atomic mass is 29.7. The third kappa shape index (κ3) is 1.79. The molecule has 1 saturated heterocycles. The van der Waals surface area contributed by atoms with E-state index in [1.165, 1.54) is 38.5 Å². The van der Waals surface area contributed by atoms with E-state index < -0.39 is 22.3 Å². The number of rotatable bonds is 1. The van der Waals surface area contributed by atoms with E-state index in [1.807, 2.05) is 5.56 Å². The van der Waals surface area contributed by atoms with Crippen molar-refractivity contribution < 1.29 is 0 Å². The van der Waals surface area contributed by atoms with Crippen molar-refractivity contribution in [1.82, 2.24) is 0 Å². The molecule has 0 aromatic heterocycles. The largest absolute Gasteiger partial charge is 0.0731 e. The fourth-order valence-corrected chi connectivity index (χ4v) is 63.8. The second kappa shape index (κ2) is 5.32. The summed E-state index contributed by atoms with van der Waals surface area (Å²) in [5, 5.41) is 0. The molecular weight excluding hydrogens is 397 g/mol. The van der Waals surface area contributed by atoms with Crippen molar-refractivity contribution in [2.45, 2.75) is 94.8 Å². The molecule has 1 aromatic carbocycles. The molecular formula is C26H39Si3. The first-order valence-corrected chi connectivity index (χ1v) is 23.1. The Morgan fingerprint density at radius 1 is 0.897 bits per heavy atom. The zero-order chi connectivity index (χ0) is 20.6. The molecule has 2 unspecified atom stereocenters. The topological polar surface area (TPSA) is 0 Å². The Labute approximate surface area is 181 Å². The van der Waals surface area contributed by atoms with Crippen LogP contribution in [0.2, 0.25) is 43.9 Å². The number of fused-ring (bicyclic) bond motifs is 1. The summed E-state index contributed by atoms with van der Waals surface area (Å²) in [5.74, 6) is 4.11. The van der Waals surface area contributed by atoms with Crippen LogP contribution in [0.1, 0.15) is 55.7 Å². The molecule has 1 heterocycles. The van der Waals surface area contributed by atoms with Gasteiger partial charge in [-0.05, 0) is 90.0 Å². The van der Waals surface area contributed by atoms with Crippen molar-refractivity contribution in [1.29, 1.82) is 0 Å². The molecule has 1 spiro atoms. The van der Waals surface area contributed by atoms with Crippen LogP contribution in [0.3, 0.4) is 0 Å². The summed E-state index contributed by atoms with van der Waals surface area (Å²) < 4.78 is 0.676. The number of hydrogen-bond donors (Lipinski definition) is 0. The summed E-state index contributed by atoms with van der Waals surface area (Å²) in [6, 6.07) is 7.48. The molecule has 7 rings (SSSR count). The van der Waals surface area contributed by atoms with E-state index in [9.17, 15) is 0 Å². The second-order valence-corrected chi connectivity index (χ2v) is 41.4. The van der Waals surface area contributed by atoms with Gasteiger partial charge in [0.2, 0.25) is 0 Å². The normalized spacial score (nSPS) is 39.3. The third-order valence-electron chi connectivity index (χ3n) is 11.8. The highest BCUT2D eigenvalue weighted by Crippen LogP contribution is 2.85. The smallest absolute Gasteiger partial charge is 0.0438 e. The van der Waals surface area contributed by atoms with Crippen LogP contribution in [0.25, 0.3) is 6.08 Å². The minimum atomic E-state index is -1.33. The predicted molar refractivity (Wildman–Crippen MR) is 134 cm³/mol. The zero-order valence-corrected chi connectivity index (χ0v) is 22.7. The van der Waals surface area contributed by atoms with Crippen molar-refractivity contribution in [3.05, 3.63) is 46.4 Å². The van der Waals surface area contributed by atoms with Crippen molar-refractivity contribution in [3.8, 4) is 0 Å². The molecule has 155 valence electrons. The highest BCUT2D eigenvalue weighted by molar-refractivity contribution is 7.80. The first-order chi connectivity index (χ1) is 13.5. The van der Waals surface area contributed by atoms with E-state index in [2.05, 4.69) is 76.4 Å². The standard InChI is InChI=1S/C26H39Si3/c1-18-11-21-9-8-10-24(23(21)12-18)25-16-19-13-20(17-25)15-22(14-19)26(25)27(2,3)29(6,7)28(26,4)5/h8-10,12,19-20H,11,13-17H2,1-7H3. The van der Waals surface area contributed by atoms with Gasteiger partial charge in [0.1, 0.15) is 0 Å². The van der Waals surface area contributed by atoms with Gasteiger partial charge >= 0.3 is 0 Å². The average Bonchev–Trinajstić information content (AvgIpc) is 2.99. The quantitative estimate of drug-likeness (QED) is 0.407. The highest BCUT2D eigenvalue weighted by Gasteiger charge is 2.87. The summed E-state index contributed by atoms with van der Waals surface area (Å²) >= 11 is 0. The van der Waals surface area contributed by atoms with Crippen molar-refractivity contribution >= 4 is 28.4 Å². The van der Waals surface area contributed by atoms with Gasteiger partial charge in [-0.1, -0.05) is 69.1 Å². The van der Waals surface area contributed by atoms with Gasteiger partial charge in [-0.25, -0.2) is 0 Å². The maximum Gasteiger partial charge on any atom is 0.0438 e. The number of hydrogen-bond acceptors (Lipinski definition) is 0. The summed E-state index contributed by atoms with van der Waals surface area (Å²) in [5.41, 5.74) is 7.20. The zero-order valence-electron chi connectivity index (χ0n) is 19.7. The summed E-state index contributed by atoms with van der Waals surface area (Å²) in [6.45, 7) is 19.5. The Hall–Kier alpha value is -0.389. The minimum absolute atomic E-state index is 0.493. The molecule has 1 aliphatic heterocycles. The van der Waals surface area contributed by atoms with Crippen LogP contribution in [0, 0.1) is 17.8 Å². The average molecular weight is 436 g/mol. The van der Waals surface area contributed by atoms with Crippen molar-refractivity contribution in [2.24, 2.45) is 11.8 Å². The van der Waals surface area contributed by atoms with Gasteiger partial charge in [-0.3, -0.25) is 0 Å². The monoisotopic (exact) mass is 435 g/mol. The molecule has 29 heavy (non-hydrogen) atoms. The second-order valence-electron chi connectivity index (χ2n) is 13.1. The maximum absolute atomic E-state index is 2.87. The summed E-state index contributed by atoms with van der Waals surface area (Å²) in [4.78, 5) is 0. The van der Waals surface area contributed by atoms with E-state index in [-0.39, 0.29) is 0 Å². The summed E-state index contributed by atoms with van der Waals surface area (Å²) in [7, 11) is -3.78. The third-order valence-corrected chi connectivity index (χ3v) is 61.0. The molecule has 5 fully saturated rings. The lowest BCUT2D eigenvalue weighted by molar-refractivity contribution is 0.0418. The Bertz CT molecular complexity index is 919. The van der Waals surface area contributed by atoms with Crippen LogP contribution in [0.15, 0.2) is 23.8 Å². The SMILES string of the molecule is CC1=Cc2c(cccc2C23CC4C[C](CC(C4)C2)C32[Si](C)(C)[Si](C)(C)[Si]2(C)C)C1. The molecule has 2 atom stereocenters. The van der Waals surface area contributed by atoms with E-state index >= 15 is 0 Å². The first-order valence-electron chi connectivity index (χ1n) is 12.1. The first kappa shape index (κ1) is 19.3. The Morgan fingerprint density at radius 3 is 2.14 bits per heavy atom.